The number of halogens is 2. The Labute approximate surface area is 111 Å². The number of hydrogen-bond donors (Lipinski definition) is 2. The fourth-order valence-electron chi connectivity index (χ4n) is 1.69. The maximum Gasteiger partial charge on any atom is 0.0758 e. The van der Waals surface area contributed by atoms with Gasteiger partial charge >= 0.3 is 0 Å². The van der Waals surface area contributed by atoms with Gasteiger partial charge in [-0.1, -0.05) is 11.6 Å². The monoisotopic (exact) mass is 319 g/mol. The Morgan fingerprint density at radius 1 is 1.50 bits per heavy atom. The Kier molecular flexibility index (Phi) is 3.87. The zero-order chi connectivity index (χ0) is 11.7. The molecule has 0 saturated heterocycles. The number of thiophene rings is 1. The maximum atomic E-state index is 8.94. The summed E-state index contributed by atoms with van der Waals surface area (Å²) in [6, 6.07) is 5.62. The van der Waals surface area contributed by atoms with Crippen LogP contribution in [0, 0.1) is 0 Å². The fraction of sp³-hybridized carbons (Fsp3) is 0.273. The molecule has 1 heterocycles. The third kappa shape index (κ3) is 2.26. The van der Waals surface area contributed by atoms with Crippen LogP contribution in [0.5, 0.6) is 0 Å². The summed E-state index contributed by atoms with van der Waals surface area (Å²) < 4.78 is 2.17. The van der Waals surface area contributed by atoms with Gasteiger partial charge in [-0.2, -0.15) is 0 Å². The molecule has 1 aromatic heterocycles. The van der Waals surface area contributed by atoms with Crippen molar-refractivity contribution < 1.29 is 5.11 Å². The molecule has 0 spiro atoms. The smallest absolute Gasteiger partial charge is 0.0758 e. The normalized spacial score (nSPS) is 13.2. The van der Waals surface area contributed by atoms with Crippen LogP contribution in [0.15, 0.2) is 22.0 Å². The standard InChI is InChI=1S/C11H11BrClNOS/c12-11-10(8(14)3-4-15)7-5-6(13)1-2-9(7)16-11/h1-2,5,8,15H,3-4,14H2. The topological polar surface area (TPSA) is 46.2 Å². The molecule has 1 unspecified atom stereocenters. The Hall–Kier alpha value is -0.130. The van der Waals surface area contributed by atoms with Gasteiger partial charge in [0.15, 0.2) is 0 Å². The lowest BCUT2D eigenvalue weighted by molar-refractivity contribution is 0.277. The van der Waals surface area contributed by atoms with Crippen LogP contribution >= 0.6 is 38.9 Å². The highest BCUT2D eigenvalue weighted by Gasteiger charge is 2.16. The summed E-state index contributed by atoms with van der Waals surface area (Å²) in [5, 5.41) is 10.7. The summed E-state index contributed by atoms with van der Waals surface area (Å²) in [5.74, 6) is 0. The molecule has 0 aliphatic carbocycles. The summed E-state index contributed by atoms with van der Waals surface area (Å²) in [7, 11) is 0. The molecule has 0 aliphatic heterocycles. The van der Waals surface area contributed by atoms with Gasteiger partial charge in [0.25, 0.3) is 0 Å². The molecule has 0 bridgehead atoms. The number of aliphatic hydroxyl groups excluding tert-OH is 1. The van der Waals surface area contributed by atoms with Crippen LogP contribution in [0.2, 0.25) is 5.02 Å². The van der Waals surface area contributed by atoms with Crippen LogP contribution in [0.25, 0.3) is 10.1 Å². The molecule has 0 fully saturated rings. The lowest BCUT2D eigenvalue weighted by Gasteiger charge is -2.10. The molecule has 0 aliphatic rings. The zero-order valence-corrected chi connectivity index (χ0v) is 11.6. The van der Waals surface area contributed by atoms with Gasteiger partial charge in [-0.05, 0) is 45.9 Å². The van der Waals surface area contributed by atoms with Crippen molar-refractivity contribution in [3.05, 3.63) is 32.6 Å². The number of nitrogens with two attached hydrogens (primary N) is 1. The van der Waals surface area contributed by atoms with Gasteiger partial charge in [-0.25, -0.2) is 0 Å². The number of hydrogen-bond acceptors (Lipinski definition) is 3. The highest BCUT2D eigenvalue weighted by molar-refractivity contribution is 9.11. The van der Waals surface area contributed by atoms with E-state index in [-0.39, 0.29) is 12.6 Å². The molecule has 2 nitrogen and oxygen atoms in total. The van der Waals surface area contributed by atoms with Crippen molar-refractivity contribution in [1.82, 2.24) is 0 Å². The van der Waals surface area contributed by atoms with Crippen LogP contribution in [-0.2, 0) is 0 Å². The average molecular weight is 321 g/mol. The van der Waals surface area contributed by atoms with E-state index in [9.17, 15) is 0 Å². The van der Waals surface area contributed by atoms with Crippen LogP contribution in [0.4, 0.5) is 0 Å². The van der Waals surface area contributed by atoms with E-state index in [1.54, 1.807) is 11.3 Å². The lowest BCUT2D eigenvalue weighted by atomic mass is 10.0. The lowest BCUT2D eigenvalue weighted by Crippen LogP contribution is -2.11. The van der Waals surface area contributed by atoms with Crippen molar-refractivity contribution in [2.24, 2.45) is 5.73 Å². The van der Waals surface area contributed by atoms with E-state index in [0.29, 0.717) is 11.4 Å². The largest absolute Gasteiger partial charge is 0.396 e. The van der Waals surface area contributed by atoms with E-state index < -0.39 is 0 Å². The van der Waals surface area contributed by atoms with Crippen LogP contribution in [-0.4, -0.2) is 11.7 Å². The number of benzene rings is 1. The molecule has 2 aromatic rings. The SMILES string of the molecule is NC(CCO)c1c(Br)sc2ccc(Cl)cc12. The minimum atomic E-state index is -0.161. The third-order valence-electron chi connectivity index (χ3n) is 2.45. The van der Waals surface area contributed by atoms with Crippen LogP contribution in [0.1, 0.15) is 18.0 Å². The first-order valence-corrected chi connectivity index (χ1v) is 6.86. The fourth-order valence-corrected chi connectivity index (χ4v) is 3.87. The van der Waals surface area contributed by atoms with E-state index >= 15 is 0 Å². The van der Waals surface area contributed by atoms with Crippen molar-refractivity contribution >= 4 is 49.0 Å². The molecule has 1 atom stereocenters. The van der Waals surface area contributed by atoms with E-state index in [1.807, 2.05) is 18.2 Å². The summed E-state index contributed by atoms with van der Waals surface area (Å²) in [6.07, 6.45) is 0.553. The molecule has 2 rings (SSSR count). The van der Waals surface area contributed by atoms with E-state index in [0.717, 1.165) is 19.4 Å². The zero-order valence-electron chi connectivity index (χ0n) is 8.41. The Balaban J connectivity index is 2.58. The van der Waals surface area contributed by atoms with Gasteiger partial charge in [0.2, 0.25) is 0 Å². The summed E-state index contributed by atoms with van der Waals surface area (Å²) in [6.45, 7) is 0.0888. The molecule has 86 valence electrons. The first kappa shape index (κ1) is 12.3. The van der Waals surface area contributed by atoms with Gasteiger partial charge in [-0.15, -0.1) is 11.3 Å². The molecule has 0 radical (unpaired) electrons. The quantitative estimate of drug-likeness (QED) is 0.906. The molecule has 3 N–H and O–H groups in total. The predicted molar refractivity (Wildman–Crippen MR) is 73.2 cm³/mol. The number of aliphatic hydroxyl groups is 1. The molecule has 5 heteroatoms. The Morgan fingerprint density at radius 3 is 2.94 bits per heavy atom. The van der Waals surface area contributed by atoms with E-state index in [4.69, 9.17) is 22.4 Å². The predicted octanol–water partition coefficient (Wildman–Crippen LogP) is 3.70. The summed E-state index contributed by atoms with van der Waals surface area (Å²) in [4.78, 5) is 0. The molecule has 0 saturated carbocycles. The van der Waals surface area contributed by atoms with Crippen molar-refractivity contribution in [3.63, 3.8) is 0 Å². The van der Waals surface area contributed by atoms with Gasteiger partial charge in [0.1, 0.15) is 0 Å². The van der Waals surface area contributed by atoms with Crippen LogP contribution in [0.3, 0.4) is 0 Å². The second-order valence-electron chi connectivity index (χ2n) is 3.55. The first-order valence-electron chi connectivity index (χ1n) is 4.87. The average Bonchev–Trinajstić information content (AvgIpc) is 2.53. The summed E-state index contributed by atoms with van der Waals surface area (Å²) >= 11 is 11.1. The molecule has 16 heavy (non-hydrogen) atoms. The van der Waals surface area contributed by atoms with Crippen molar-refractivity contribution in [2.45, 2.75) is 12.5 Å². The Morgan fingerprint density at radius 2 is 2.25 bits per heavy atom. The number of rotatable bonds is 3. The van der Waals surface area contributed by atoms with Gasteiger partial charge in [-0.3, -0.25) is 0 Å². The van der Waals surface area contributed by atoms with E-state index in [2.05, 4.69) is 15.9 Å². The minimum absolute atomic E-state index is 0.0888. The van der Waals surface area contributed by atoms with Crippen LogP contribution < -0.4 is 5.73 Å². The summed E-state index contributed by atoms with van der Waals surface area (Å²) in [5.41, 5.74) is 7.08. The highest BCUT2D eigenvalue weighted by atomic mass is 79.9. The minimum Gasteiger partial charge on any atom is -0.396 e. The van der Waals surface area contributed by atoms with Gasteiger partial charge in [0.05, 0.1) is 3.79 Å². The van der Waals surface area contributed by atoms with Crippen molar-refractivity contribution in [2.75, 3.05) is 6.61 Å². The number of fused-ring (bicyclic) bond motifs is 1. The van der Waals surface area contributed by atoms with Gasteiger partial charge in [0, 0.05) is 27.9 Å². The molecular formula is C11H11BrClNOS. The Bertz CT molecular complexity index is 514. The molecular weight excluding hydrogens is 310 g/mol. The van der Waals surface area contributed by atoms with Gasteiger partial charge < -0.3 is 10.8 Å². The third-order valence-corrected chi connectivity index (χ3v) is 4.58. The van der Waals surface area contributed by atoms with Crippen molar-refractivity contribution in [1.29, 1.82) is 0 Å². The maximum absolute atomic E-state index is 8.94. The first-order chi connectivity index (χ1) is 7.63. The molecule has 0 amide bonds. The van der Waals surface area contributed by atoms with E-state index in [1.165, 1.54) is 0 Å². The highest BCUT2D eigenvalue weighted by Crippen LogP contribution is 2.40. The molecule has 1 aromatic carbocycles. The second-order valence-corrected chi connectivity index (χ2v) is 6.36. The van der Waals surface area contributed by atoms with Crippen molar-refractivity contribution in [3.8, 4) is 0 Å². The second kappa shape index (κ2) is 5.02.